The maximum Gasteiger partial charge on any atom is 0.255 e. The summed E-state index contributed by atoms with van der Waals surface area (Å²) in [4.78, 5) is 16.4. The first-order valence-electron chi connectivity index (χ1n) is 7.08. The second kappa shape index (κ2) is 7.09. The van der Waals surface area contributed by atoms with E-state index in [0.717, 1.165) is 18.2 Å². The molecule has 1 aliphatic rings. The lowest BCUT2D eigenvalue weighted by Crippen LogP contribution is -2.54. The lowest BCUT2D eigenvalue weighted by atomic mass is 10.2. The Balaban J connectivity index is 1.94. The van der Waals surface area contributed by atoms with Crippen LogP contribution in [0.3, 0.4) is 0 Å². The lowest BCUT2D eigenvalue weighted by molar-refractivity contribution is 0.0691. The number of hydrogen-bond donors (Lipinski definition) is 1. The van der Waals surface area contributed by atoms with Crippen molar-refractivity contribution in [2.75, 3.05) is 26.2 Å². The first-order chi connectivity index (χ1) is 9.99. The third-order valence-corrected chi connectivity index (χ3v) is 4.08. The normalized spacial score (nSPS) is 15.2. The predicted octanol–water partition coefficient (Wildman–Crippen LogP) is 2.38. The molecule has 4 nitrogen and oxygen atoms in total. The van der Waals surface area contributed by atoms with Crippen LogP contribution in [0.2, 0.25) is 5.02 Å². The largest absolute Gasteiger partial charge is 0.360 e. The monoisotopic (exact) mass is 325 g/mol. The summed E-state index contributed by atoms with van der Waals surface area (Å²) in [5.41, 5.74) is 0.565. The molecule has 1 aromatic rings. The van der Waals surface area contributed by atoms with Gasteiger partial charge >= 0.3 is 0 Å². The molecule has 114 valence electrons. The Morgan fingerprint density at radius 1 is 1.19 bits per heavy atom. The van der Waals surface area contributed by atoms with Gasteiger partial charge in [-0.3, -0.25) is 4.79 Å². The summed E-state index contributed by atoms with van der Waals surface area (Å²) in [5, 5.41) is 4.49. The van der Waals surface area contributed by atoms with Crippen LogP contribution in [0.1, 0.15) is 24.2 Å². The molecule has 0 saturated carbocycles. The molecule has 0 aromatic heterocycles. The predicted molar refractivity (Wildman–Crippen MR) is 89.8 cm³/mol. The third kappa shape index (κ3) is 4.08. The van der Waals surface area contributed by atoms with E-state index in [0.29, 0.717) is 29.7 Å². The highest BCUT2D eigenvalue weighted by molar-refractivity contribution is 7.80. The van der Waals surface area contributed by atoms with Crippen molar-refractivity contribution < 1.29 is 4.79 Å². The van der Waals surface area contributed by atoms with E-state index in [1.54, 1.807) is 12.1 Å². The minimum atomic E-state index is -0.0111. The maximum absolute atomic E-state index is 12.4. The number of benzene rings is 1. The van der Waals surface area contributed by atoms with E-state index < -0.39 is 0 Å². The number of thiocarbonyl (C=S) groups is 1. The molecule has 1 amide bonds. The smallest absolute Gasteiger partial charge is 0.255 e. The van der Waals surface area contributed by atoms with Crippen LogP contribution >= 0.6 is 23.8 Å². The number of amides is 1. The molecule has 21 heavy (non-hydrogen) atoms. The van der Waals surface area contributed by atoms with Crippen molar-refractivity contribution >= 4 is 34.8 Å². The van der Waals surface area contributed by atoms with E-state index in [1.807, 2.05) is 17.0 Å². The first-order valence-corrected chi connectivity index (χ1v) is 7.87. The fourth-order valence-electron chi connectivity index (χ4n) is 2.26. The van der Waals surface area contributed by atoms with Gasteiger partial charge in [-0.1, -0.05) is 23.7 Å². The second-order valence-corrected chi connectivity index (χ2v) is 6.16. The number of piperazine rings is 1. The van der Waals surface area contributed by atoms with E-state index in [4.69, 9.17) is 23.8 Å². The summed E-state index contributed by atoms with van der Waals surface area (Å²) in [6, 6.07) is 7.49. The number of carbonyl (C=O) groups excluding carboxylic acids is 1. The van der Waals surface area contributed by atoms with Gasteiger partial charge in [0, 0.05) is 32.2 Å². The third-order valence-electron chi connectivity index (χ3n) is 3.37. The van der Waals surface area contributed by atoms with Crippen molar-refractivity contribution in [1.29, 1.82) is 0 Å². The highest BCUT2D eigenvalue weighted by Crippen LogP contribution is 2.18. The van der Waals surface area contributed by atoms with Crippen molar-refractivity contribution in [3.63, 3.8) is 0 Å². The van der Waals surface area contributed by atoms with Crippen molar-refractivity contribution in [3.05, 3.63) is 34.9 Å². The topological polar surface area (TPSA) is 35.6 Å². The number of nitrogens with zero attached hydrogens (tertiary/aromatic N) is 2. The van der Waals surface area contributed by atoms with E-state index >= 15 is 0 Å². The zero-order valence-electron chi connectivity index (χ0n) is 12.3. The quantitative estimate of drug-likeness (QED) is 0.847. The molecular formula is C15H20ClN3OS. The molecule has 0 aliphatic carbocycles. The highest BCUT2D eigenvalue weighted by Gasteiger charge is 2.24. The number of rotatable bonds is 2. The van der Waals surface area contributed by atoms with Crippen LogP contribution in [0.25, 0.3) is 0 Å². The Hall–Kier alpha value is -1.33. The van der Waals surface area contributed by atoms with E-state index in [2.05, 4.69) is 24.1 Å². The molecule has 0 radical (unpaired) electrons. The van der Waals surface area contributed by atoms with E-state index in [1.165, 1.54) is 0 Å². The fourth-order valence-corrected chi connectivity index (χ4v) is 2.89. The van der Waals surface area contributed by atoms with Gasteiger partial charge in [-0.15, -0.1) is 0 Å². The summed E-state index contributed by atoms with van der Waals surface area (Å²) < 4.78 is 0. The van der Waals surface area contributed by atoms with Gasteiger partial charge in [0.05, 0.1) is 10.6 Å². The van der Waals surface area contributed by atoms with E-state index in [9.17, 15) is 4.79 Å². The Kier molecular flexibility index (Phi) is 5.42. The van der Waals surface area contributed by atoms with Gasteiger partial charge in [0.15, 0.2) is 5.11 Å². The Labute approximate surface area is 136 Å². The van der Waals surface area contributed by atoms with Gasteiger partial charge in [0.2, 0.25) is 0 Å². The molecule has 1 fully saturated rings. The van der Waals surface area contributed by atoms with E-state index in [-0.39, 0.29) is 5.91 Å². The summed E-state index contributed by atoms with van der Waals surface area (Å²) in [6.07, 6.45) is 0. The molecule has 6 heteroatoms. The van der Waals surface area contributed by atoms with Gasteiger partial charge in [-0.05, 0) is 38.2 Å². The Morgan fingerprint density at radius 3 is 2.33 bits per heavy atom. The van der Waals surface area contributed by atoms with Crippen molar-refractivity contribution in [1.82, 2.24) is 15.1 Å². The summed E-state index contributed by atoms with van der Waals surface area (Å²) in [5.74, 6) is -0.0111. The molecule has 1 aromatic carbocycles. The summed E-state index contributed by atoms with van der Waals surface area (Å²) >= 11 is 11.4. The van der Waals surface area contributed by atoms with Gasteiger partial charge in [0.25, 0.3) is 5.91 Å². The van der Waals surface area contributed by atoms with Crippen LogP contribution in [-0.4, -0.2) is 53.0 Å². The van der Waals surface area contributed by atoms with Crippen LogP contribution in [0.5, 0.6) is 0 Å². The number of nitrogens with one attached hydrogen (secondary N) is 1. The number of carbonyl (C=O) groups is 1. The second-order valence-electron chi connectivity index (χ2n) is 5.36. The van der Waals surface area contributed by atoms with Crippen LogP contribution in [0.15, 0.2) is 24.3 Å². The Bertz CT molecular complexity index is 527. The van der Waals surface area contributed by atoms with Gasteiger partial charge < -0.3 is 15.1 Å². The minimum Gasteiger partial charge on any atom is -0.360 e. The molecule has 1 heterocycles. The average Bonchev–Trinajstić information content (AvgIpc) is 2.46. The maximum atomic E-state index is 12.4. The van der Waals surface area contributed by atoms with Crippen molar-refractivity contribution in [2.24, 2.45) is 0 Å². The van der Waals surface area contributed by atoms with Gasteiger partial charge in [-0.2, -0.15) is 0 Å². The number of hydrogen-bond acceptors (Lipinski definition) is 2. The molecule has 1 aliphatic heterocycles. The highest BCUT2D eigenvalue weighted by atomic mass is 35.5. The number of halogens is 1. The van der Waals surface area contributed by atoms with Crippen LogP contribution < -0.4 is 5.32 Å². The Morgan fingerprint density at radius 2 is 1.76 bits per heavy atom. The zero-order valence-corrected chi connectivity index (χ0v) is 13.9. The van der Waals surface area contributed by atoms with Crippen molar-refractivity contribution in [2.45, 2.75) is 19.9 Å². The molecule has 0 bridgehead atoms. The molecule has 2 rings (SSSR count). The minimum absolute atomic E-state index is 0.0111. The average molecular weight is 326 g/mol. The molecule has 1 saturated heterocycles. The fraction of sp³-hybridized carbons (Fsp3) is 0.467. The van der Waals surface area contributed by atoms with Gasteiger partial charge in [-0.25, -0.2) is 0 Å². The van der Waals surface area contributed by atoms with Crippen LogP contribution in [-0.2, 0) is 0 Å². The zero-order chi connectivity index (χ0) is 15.4. The molecular weight excluding hydrogens is 306 g/mol. The molecule has 0 atom stereocenters. The standard InChI is InChI=1S/C15H20ClN3OS/c1-11(2)17-15(21)19-9-7-18(8-10-19)14(20)12-5-3-4-6-13(12)16/h3-6,11H,7-10H2,1-2H3,(H,17,21). The molecule has 1 N–H and O–H groups in total. The SMILES string of the molecule is CC(C)NC(=S)N1CCN(C(=O)c2ccccc2Cl)CC1. The summed E-state index contributed by atoms with van der Waals surface area (Å²) in [6.45, 7) is 6.92. The first kappa shape index (κ1) is 16.0. The van der Waals surface area contributed by atoms with Crippen LogP contribution in [0.4, 0.5) is 0 Å². The molecule has 0 unspecified atom stereocenters. The van der Waals surface area contributed by atoms with Gasteiger partial charge in [0.1, 0.15) is 0 Å². The summed E-state index contributed by atoms with van der Waals surface area (Å²) in [7, 11) is 0. The molecule has 0 spiro atoms. The lowest BCUT2D eigenvalue weighted by Gasteiger charge is -2.36. The van der Waals surface area contributed by atoms with Crippen LogP contribution in [0, 0.1) is 0 Å². The van der Waals surface area contributed by atoms with Crippen molar-refractivity contribution in [3.8, 4) is 0 Å².